The number of hydrogen-bond acceptors (Lipinski definition) is 15. The van der Waals surface area contributed by atoms with Crippen LogP contribution in [-0.2, 0) is 65.4 Å². The summed E-state index contributed by atoms with van der Waals surface area (Å²) in [5.74, 6) is 0.887. The molecule has 0 amide bonds. The first-order valence-corrected chi connectivity index (χ1v) is 40.7. The van der Waals surface area contributed by atoms with Gasteiger partial charge in [-0.25, -0.2) is 9.13 Å². The van der Waals surface area contributed by atoms with Gasteiger partial charge in [0.1, 0.15) is 19.3 Å². The molecule has 0 saturated carbocycles. The van der Waals surface area contributed by atoms with Crippen LogP contribution in [0.5, 0.6) is 0 Å². The minimum Gasteiger partial charge on any atom is -0.462 e. The van der Waals surface area contributed by atoms with Crippen LogP contribution in [-0.4, -0.2) is 96.7 Å². The minimum absolute atomic E-state index is 0.102. The average molecular weight is 1350 g/mol. The van der Waals surface area contributed by atoms with Gasteiger partial charge in [0, 0.05) is 25.7 Å². The van der Waals surface area contributed by atoms with Crippen molar-refractivity contribution in [3.05, 3.63) is 0 Å². The molecular formula is C73H142O17P2. The lowest BCUT2D eigenvalue weighted by molar-refractivity contribution is -0.161. The van der Waals surface area contributed by atoms with Gasteiger partial charge in [0.2, 0.25) is 0 Å². The van der Waals surface area contributed by atoms with Crippen molar-refractivity contribution in [2.75, 3.05) is 39.6 Å². The van der Waals surface area contributed by atoms with Gasteiger partial charge < -0.3 is 33.8 Å². The van der Waals surface area contributed by atoms with Crippen molar-refractivity contribution < 1.29 is 80.2 Å². The predicted octanol–water partition coefficient (Wildman–Crippen LogP) is 20.9. The zero-order valence-corrected chi connectivity index (χ0v) is 62.0. The first-order chi connectivity index (χ1) is 44.1. The quantitative estimate of drug-likeness (QED) is 0.0222. The summed E-state index contributed by atoms with van der Waals surface area (Å²) in [6.07, 6.45) is 45.9. The third-order valence-corrected chi connectivity index (χ3v) is 19.1. The van der Waals surface area contributed by atoms with Crippen LogP contribution in [0.25, 0.3) is 0 Å². The Morgan fingerprint density at radius 2 is 0.522 bits per heavy atom. The van der Waals surface area contributed by atoms with E-state index in [-0.39, 0.29) is 25.7 Å². The second kappa shape index (κ2) is 62.6. The highest BCUT2D eigenvalue weighted by Crippen LogP contribution is 2.45. The van der Waals surface area contributed by atoms with E-state index in [1.807, 2.05) is 0 Å². The van der Waals surface area contributed by atoms with Gasteiger partial charge >= 0.3 is 39.5 Å². The number of phosphoric acid groups is 2. The molecule has 0 aromatic carbocycles. The van der Waals surface area contributed by atoms with E-state index in [2.05, 4.69) is 55.4 Å². The number of carbonyl (C=O) groups is 4. The molecule has 0 bridgehead atoms. The number of carbonyl (C=O) groups excluding carboxylic acids is 4. The Hall–Kier alpha value is -1.94. The summed E-state index contributed by atoms with van der Waals surface area (Å²) in [6.45, 7) is 14.1. The molecule has 0 aliphatic carbocycles. The monoisotopic (exact) mass is 1350 g/mol. The largest absolute Gasteiger partial charge is 0.472 e. The molecule has 0 rings (SSSR count). The molecule has 0 spiro atoms. The predicted molar refractivity (Wildman–Crippen MR) is 372 cm³/mol. The molecule has 546 valence electrons. The summed E-state index contributed by atoms with van der Waals surface area (Å²) in [4.78, 5) is 72.7. The highest BCUT2D eigenvalue weighted by Gasteiger charge is 2.30. The number of aliphatic hydroxyl groups excluding tert-OH is 1. The zero-order valence-electron chi connectivity index (χ0n) is 60.2. The molecule has 0 aromatic rings. The second-order valence-corrected chi connectivity index (χ2v) is 30.9. The van der Waals surface area contributed by atoms with Gasteiger partial charge in [-0.15, -0.1) is 0 Å². The van der Waals surface area contributed by atoms with E-state index in [9.17, 15) is 43.2 Å². The molecule has 6 atom stereocenters. The molecule has 92 heavy (non-hydrogen) atoms. The van der Waals surface area contributed by atoms with Crippen LogP contribution >= 0.6 is 15.6 Å². The van der Waals surface area contributed by atoms with Crippen molar-refractivity contribution in [2.24, 2.45) is 23.7 Å². The van der Waals surface area contributed by atoms with Gasteiger partial charge in [0.15, 0.2) is 12.2 Å². The third-order valence-electron chi connectivity index (χ3n) is 17.2. The Morgan fingerprint density at radius 3 is 0.772 bits per heavy atom. The Kier molecular flexibility index (Phi) is 61.3. The Balaban J connectivity index is 5.25. The molecule has 0 fully saturated rings. The lowest BCUT2D eigenvalue weighted by Gasteiger charge is -2.21. The molecule has 0 radical (unpaired) electrons. The van der Waals surface area contributed by atoms with E-state index in [0.29, 0.717) is 25.7 Å². The molecule has 17 nitrogen and oxygen atoms in total. The summed E-state index contributed by atoms with van der Waals surface area (Å²) in [6, 6.07) is 0. The van der Waals surface area contributed by atoms with E-state index in [1.165, 1.54) is 167 Å². The van der Waals surface area contributed by atoms with Gasteiger partial charge in [0.05, 0.1) is 26.4 Å². The molecular weight excluding hydrogens is 1210 g/mol. The number of esters is 4. The number of rotatable bonds is 70. The first-order valence-electron chi connectivity index (χ1n) is 37.7. The lowest BCUT2D eigenvalue weighted by Crippen LogP contribution is -2.30. The van der Waals surface area contributed by atoms with Crippen molar-refractivity contribution in [3.63, 3.8) is 0 Å². The van der Waals surface area contributed by atoms with Gasteiger partial charge in [-0.3, -0.25) is 37.3 Å². The standard InChI is InChI=1S/C73H142O17P2/c1-9-66(8)52-44-36-31-32-40-48-56-73(78)90-69(60-84-71(76)54-46-38-29-24-23-27-35-43-51-65(6)7)62-88-92(81,82)86-58-67(74)57-85-91(79,80)87-61-68(59-83-70(75)53-45-37-28-21-17-14-13-16-20-26-34-42-50-64(4)5)89-72(77)55-47-39-30-22-18-12-10-11-15-19-25-33-41-49-63(2)3/h63-69,74H,9-62H2,1-8H3,(H,79,80)(H,81,82)/t66?,67?,68-,69-/m1/s1. The third kappa shape index (κ3) is 65.4. The molecule has 0 aliphatic heterocycles. The molecule has 0 aliphatic rings. The normalized spacial score (nSPS) is 14.5. The number of unbranched alkanes of at least 4 members (excludes halogenated alkanes) is 35. The molecule has 4 unspecified atom stereocenters. The van der Waals surface area contributed by atoms with Crippen molar-refractivity contribution >= 4 is 39.5 Å². The van der Waals surface area contributed by atoms with Crippen molar-refractivity contribution in [1.82, 2.24) is 0 Å². The maximum absolute atomic E-state index is 13.1. The molecule has 19 heteroatoms. The van der Waals surface area contributed by atoms with Gasteiger partial charge in [0.25, 0.3) is 0 Å². The fraction of sp³-hybridized carbons (Fsp3) is 0.945. The minimum atomic E-state index is -4.96. The fourth-order valence-corrected chi connectivity index (χ4v) is 12.6. The average Bonchev–Trinajstić information content (AvgIpc) is 3.26. The van der Waals surface area contributed by atoms with Crippen LogP contribution in [0.3, 0.4) is 0 Å². The number of ether oxygens (including phenoxy) is 4. The molecule has 0 heterocycles. The number of phosphoric ester groups is 2. The molecule has 3 N–H and O–H groups in total. The van der Waals surface area contributed by atoms with E-state index < -0.39 is 97.5 Å². The van der Waals surface area contributed by atoms with Crippen LogP contribution in [0.15, 0.2) is 0 Å². The summed E-state index contributed by atoms with van der Waals surface area (Å²) >= 11 is 0. The van der Waals surface area contributed by atoms with Gasteiger partial charge in [-0.05, 0) is 49.4 Å². The molecule has 0 saturated heterocycles. The maximum atomic E-state index is 13.1. The number of hydrogen-bond donors (Lipinski definition) is 3. The summed E-state index contributed by atoms with van der Waals surface area (Å²) in [5, 5.41) is 10.6. The van der Waals surface area contributed by atoms with Crippen LogP contribution in [0.2, 0.25) is 0 Å². The van der Waals surface area contributed by atoms with Crippen LogP contribution < -0.4 is 0 Å². The van der Waals surface area contributed by atoms with E-state index in [1.54, 1.807) is 0 Å². The first kappa shape index (κ1) is 90.1. The summed E-state index contributed by atoms with van der Waals surface area (Å²) in [7, 11) is -9.91. The Bertz CT molecular complexity index is 1820. The highest BCUT2D eigenvalue weighted by molar-refractivity contribution is 7.47. The maximum Gasteiger partial charge on any atom is 0.472 e. The zero-order chi connectivity index (χ0) is 68.2. The van der Waals surface area contributed by atoms with Crippen molar-refractivity contribution in [3.8, 4) is 0 Å². The van der Waals surface area contributed by atoms with Crippen LogP contribution in [0.4, 0.5) is 0 Å². The van der Waals surface area contributed by atoms with E-state index in [0.717, 1.165) is 114 Å². The van der Waals surface area contributed by atoms with E-state index in [4.69, 9.17) is 37.0 Å². The Labute approximate surface area is 562 Å². The highest BCUT2D eigenvalue weighted by atomic mass is 31.2. The van der Waals surface area contributed by atoms with Crippen molar-refractivity contribution in [1.29, 1.82) is 0 Å². The number of aliphatic hydroxyl groups is 1. The fourth-order valence-electron chi connectivity index (χ4n) is 11.0. The summed E-state index contributed by atoms with van der Waals surface area (Å²) < 4.78 is 68.4. The smallest absolute Gasteiger partial charge is 0.462 e. The second-order valence-electron chi connectivity index (χ2n) is 28.0. The van der Waals surface area contributed by atoms with Gasteiger partial charge in [-0.2, -0.15) is 0 Å². The SMILES string of the molecule is CCC(C)CCCCCCCCC(=O)O[C@H](COC(=O)CCCCCCCCCCC(C)C)COP(=O)(O)OCC(O)COP(=O)(O)OC[C@@H](COC(=O)CCCCCCCCCCCCCCC(C)C)OC(=O)CCCCCCCCCCCCCCCC(C)C. The summed E-state index contributed by atoms with van der Waals surface area (Å²) in [5.41, 5.74) is 0. The van der Waals surface area contributed by atoms with Crippen LogP contribution in [0, 0.1) is 23.7 Å². The molecule has 0 aromatic heterocycles. The van der Waals surface area contributed by atoms with Crippen LogP contribution in [0.1, 0.15) is 364 Å². The van der Waals surface area contributed by atoms with Gasteiger partial charge in [-0.1, -0.05) is 312 Å². The Morgan fingerprint density at radius 1 is 0.304 bits per heavy atom. The van der Waals surface area contributed by atoms with E-state index >= 15 is 0 Å². The lowest BCUT2D eigenvalue weighted by atomic mass is 10.00. The van der Waals surface area contributed by atoms with Crippen molar-refractivity contribution in [2.45, 2.75) is 382 Å². The topological polar surface area (TPSA) is 237 Å².